The lowest BCUT2D eigenvalue weighted by molar-refractivity contribution is 0.133. The second-order valence-corrected chi connectivity index (χ2v) is 6.71. The van der Waals surface area contributed by atoms with Gasteiger partial charge in [0.1, 0.15) is 5.75 Å². The van der Waals surface area contributed by atoms with Gasteiger partial charge in [-0.1, -0.05) is 24.4 Å². The van der Waals surface area contributed by atoms with Crippen LogP contribution in [-0.2, 0) is 13.0 Å². The fourth-order valence-corrected chi connectivity index (χ4v) is 3.93. The Hall–Kier alpha value is -0.770. The molecule has 1 heterocycles. The van der Waals surface area contributed by atoms with Gasteiger partial charge in [0.2, 0.25) is 0 Å². The number of hydrogen-bond donors (Lipinski definition) is 2. The highest BCUT2D eigenvalue weighted by atomic mass is 35.5. The van der Waals surface area contributed by atoms with Gasteiger partial charge in [0.05, 0.1) is 6.61 Å². The van der Waals surface area contributed by atoms with Crippen LogP contribution in [0.5, 0.6) is 5.75 Å². The Balaban J connectivity index is 1.58. The van der Waals surface area contributed by atoms with Crippen LogP contribution in [0.3, 0.4) is 0 Å². The molecule has 0 amide bonds. The molecule has 1 fully saturated rings. The summed E-state index contributed by atoms with van der Waals surface area (Å²) in [6, 6.07) is 4.01. The van der Waals surface area contributed by atoms with Crippen molar-refractivity contribution in [2.24, 2.45) is 11.8 Å². The van der Waals surface area contributed by atoms with Gasteiger partial charge in [-0.15, -0.1) is 0 Å². The molecule has 2 N–H and O–H groups in total. The summed E-state index contributed by atoms with van der Waals surface area (Å²) in [7, 11) is 0. The number of aliphatic hydroxyl groups excluding tert-OH is 1. The molecule has 1 aromatic carbocycles. The number of fused-ring (bicyclic) bond motifs is 1. The fourth-order valence-electron chi connectivity index (χ4n) is 3.66. The fraction of sp³-hybridized carbons (Fsp3) is 0.647. The van der Waals surface area contributed by atoms with Crippen LogP contribution in [0.2, 0.25) is 5.02 Å². The molecule has 2 aliphatic rings. The molecular formula is C17H24ClNO2. The zero-order chi connectivity index (χ0) is 14.7. The van der Waals surface area contributed by atoms with Gasteiger partial charge in [-0.05, 0) is 48.9 Å². The molecule has 3 nitrogen and oxygen atoms in total. The molecule has 1 aliphatic heterocycles. The van der Waals surface area contributed by atoms with Gasteiger partial charge in [0, 0.05) is 30.2 Å². The van der Waals surface area contributed by atoms with Crippen LogP contribution in [0, 0.1) is 11.8 Å². The molecule has 0 spiro atoms. The molecule has 1 aromatic rings. The summed E-state index contributed by atoms with van der Waals surface area (Å²) in [5, 5.41) is 13.8. The summed E-state index contributed by atoms with van der Waals surface area (Å²) < 4.78 is 5.73. The molecule has 116 valence electrons. The normalized spacial score (nSPS) is 24.7. The van der Waals surface area contributed by atoms with E-state index < -0.39 is 0 Å². The van der Waals surface area contributed by atoms with Crippen LogP contribution < -0.4 is 10.1 Å². The first-order valence-electron chi connectivity index (χ1n) is 8.03. The van der Waals surface area contributed by atoms with E-state index in [9.17, 15) is 5.11 Å². The van der Waals surface area contributed by atoms with Gasteiger partial charge in [0.25, 0.3) is 0 Å². The molecule has 3 rings (SSSR count). The Labute approximate surface area is 131 Å². The predicted octanol–water partition coefficient (Wildman–Crippen LogP) is 3.16. The number of aliphatic hydroxyl groups is 1. The molecule has 0 aromatic heterocycles. The first-order valence-corrected chi connectivity index (χ1v) is 8.41. The largest absolute Gasteiger partial charge is 0.493 e. The van der Waals surface area contributed by atoms with E-state index in [2.05, 4.69) is 5.32 Å². The van der Waals surface area contributed by atoms with E-state index in [4.69, 9.17) is 16.3 Å². The highest BCUT2D eigenvalue weighted by Crippen LogP contribution is 2.33. The Kier molecular flexibility index (Phi) is 5.04. The Bertz CT molecular complexity index is 492. The van der Waals surface area contributed by atoms with Gasteiger partial charge in [-0.25, -0.2) is 0 Å². The highest BCUT2D eigenvalue weighted by Gasteiger charge is 2.24. The van der Waals surface area contributed by atoms with Crippen LogP contribution in [-0.4, -0.2) is 24.9 Å². The van der Waals surface area contributed by atoms with Gasteiger partial charge in [-0.2, -0.15) is 0 Å². The molecule has 4 heteroatoms. The lowest BCUT2D eigenvalue weighted by Crippen LogP contribution is -2.32. The van der Waals surface area contributed by atoms with Crippen molar-refractivity contribution in [2.45, 2.75) is 38.6 Å². The molecule has 1 aliphatic carbocycles. The molecule has 0 radical (unpaired) electrons. The van der Waals surface area contributed by atoms with E-state index in [0.717, 1.165) is 42.5 Å². The third kappa shape index (κ3) is 3.53. The van der Waals surface area contributed by atoms with E-state index in [1.807, 2.05) is 12.1 Å². The molecule has 21 heavy (non-hydrogen) atoms. The van der Waals surface area contributed by atoms with Gasteiger partial charge >= 0.3 is 0 Å². The van der Waals surface area contributed by atoms with Crippen LogP contribution in [0.1, 0.15) is 36.8 Å². The average Bonchev–Trinajstić information content (AvgIpc) is 2.96. The van der Waals surface area contributed by atoms with Crippen LogP contribution in [0.15, 0.2) is 12.1 Å². The van der Waals surface area contributed by atoms with Crippen molar-refractivity contribution in [1.82, 2.24) is 5.32 Å². The Morgan fingerprint density at radius 2 is 2.05 bits per heavy atom. The standard InChI is InChI=1S/C17H24ClNO2/c18-16-7-12-5-6-21-17(12)15(8-16)10-19-9-13-3-1-2-4-14(13)11-20/h7-8,13-14,19-20H,1-6,9-11H2. The molecule has 0 bridgehead atoms. The minimum Gasteiger partial charge on any atom is -0.493 e. The quantitative estimate of drug-likeness (QED) is 0.878. The third-order valence-electron chi connectivity index (χ3n) is 4.85. The van der Waals surface area contributed by atoms with Gasteiger partial charge < -0.3 is 15.2 Å². The number of benzene rings is 1. The van der Waals surface area contributed by atoms with Crippen molar-refractivity contribution < 1.29 is 9.84 Å². The number of nitrogens with one attached hydrogen (secondary N) is 1. The maximum atomic E-state index is 9.48. The van der Waals surface area contributed by atoms with Crippen molar-refractivity contribution in [3.05, 3.63) is 28.3 Å². The summed E-state index contributed by atoms with van der Waals surface area (Å²) in [5.74, 6) is 2.08. The van der Waals surface area contributed by atoms with E-state index >= 15 is 0 Å². The summed E-state index contributed by atoms with van der Waals surface area (Å²) >= 11 is 6.19. The van der Waals surface area contributed by atoms with E-state index in [-0.39, 0.29) is 0 Å². The summed E-state index contributed by atoms with van der Waals surface area (Å²) in [6.07, 6.45) is 5.90. The van der Waals surface area contributed by atoms with Gasteiger partial charge in [-0.3, -0.25) is 0 Å². The topological polar surface area (TPSA) is 41.5 Å². The lowest BCUT2D eigenvalue weighted by atomic mass is 9.79. The number of hydrogen-bond acceptors (Lipinski definition) is 3. The van der Waals surface area contributed by atoms with E-state index in [0.29, 0.717) is 18.4 Å². The monoisotopic (exact) mass is 309 g/mol. The third-order valence-corrected chi connectivity index (χ3v) is 5.07. The number of ether oxygens (including phenoxy) is 1. The summed E-state index contributed by atoms with van der Waals surface area (Å²) in [6.45, 7) is 2.84. The molecular weight excluding hydrogens is 286 g/mol. The molecule has 1 saturated carbocycles. The first-order chi connectivity index (χ1) is 10.3. The first kappa shape index (κ1) is 15.1. The van der Waals surface area contributed by atoms with Crippen molar-refractivity contribution >= 4 is 11.6 Å². The maximum Gasteiger partial charge on any atom is 0.127 e. The van der Waals surface area contributed by atoms with Crippen molar-refractivity contribution in [1.29, 1.82) is 0 Å². The second-order valence-electron chi connectivity index (χ2n) is 6.27. The number of rotatable bonds is 5. The van der Waals surface area contributed by atoms with E-state index in [1.54, 1.807) is 0 Å². The summed E-state index contributed by atoms with van der Waals surface area (Å²) in [5.41, 5.74) is 2.39. The highest BCUT2D eigenvalue weighted by molar-refractivity contribution is 6.30. The average molecular weight is 310 g/mol. The molecule has 2 atom stereocenters. The Morgan fingerprint density at radius 3 is 2.86 bits per heavy atom. The minimum atomic E-state index is 0.321. The van der Waals surface area contributed by atoms with Gasteiger partial charge in [0.15, 0.2) is 0 Å². The van der Waals surface area contributed by atoms with Crippen molar-refractivity contribution in [3.63, 3.8) is 0 Å². The van der Waals surface area contributed by atoms with Crippen LogP contribution in [0.4, 0.5) is 0 Å². The molecule has 2 unspecified atom stereocenters. The maximum absolute atomic E-state index is 9.48. The van der Waals surface area contributed by atoms with Crippen molar-refractivity contribution in [3.8, 4) is 5.75 Å². The van der Waals surface area contributed by atoms with Crippen LogP contribution in [0.25, 0.3) is 0 Å². The van der Waals surface area contributed by atoms with E-state index in [1.165, 1.54) is 31.2 Å². The minimum absolute atomic E-state index is 0.321. The predicted molar refractivity (Wildman–Crippen MR) is 84.9 cm³/mol. The smallest absolute Gasteiger partial charge is 0.127 e. The Morgan fingerprint density at radius 1 is 1.24 bits per heavy atom. The SMILES string of the molecule is OCC1CCCCC1CNCc1cc(Cl)cc2c1OCC2. The van der Waals surface area contributed by atoms with Crippen LogP contribution >= 0.6 is 11.6 Å². The second kappa shape index (κ2) is 6.99. The zero-order valence-electron chi connectivity index (χ0n) is 12.4. The molecule has 0 saturated heterocycles. The zero-order valence-corrected chi connectivity index (χ0v) is 13.2. The lowest BCUT2D eigenvalue weighted by Gasteiger charge is -2.30. The van der Waals surface area contributed by atoms with Crippen molar-refractivity contribution in [2.75, 3.05) is 19.8 Å². The summed E-state index contributed by atoms with van der Waals surface area (Å²) in [4.78, 5) is 0. The number of halogens is 1.